The van der Waals surface area contributed by atoms with Crippen molar-refractivity contribution in [2.45, 2.75) is 11.8 Å². The number of aryl methyl sites for hydroxylation is 1. The van der Waals surface area contributed by atoms with Crippen LogP contribution in [0.25, 0.3) is 0 Å². The average molecular weight is 299 g/mol. The standard InChI is InChI=1S/C16H13NO3S/c1-12-2-8-15(9-3-12)21(19,20)11-16(18)14-6-4-13(10-17)5-7-14/h2-9H,11H2,1H3. The second-order valence-electron chi connectivity index (χ2n) is 4.68. The van der Waals surface area contributed by atoms with E-state index >= 15 is 0 Å². The Kier molecular flexibility index (Phi) is 4.20. The van der Waals surface area contributed by atoms with Crippen molar-refractivity contribution in [3.05, 3.63) is 65.2 Å². The predicted octanol–water partition coefficient (Wildman–Crippen LogP) is 2.52. The summed E-state index contributed by atoms with van der Waals surface area (Å²) in [5.74, 6) is -1.07. The molecule has 0 N–H and O–H groups in total. The lowest BCUT2D eigenvalue weighted by molar-refractivity contribution is 0.102. The first-order valence-corrected chi connectivity index (χ1v) is 7.90. The van der Waals surface area contributed by atoms with E-state index in [-0.39, 0.29) is 10.5 Å². The van der Waals surface area contributed by atoms with Crippen LogP contribution in [-0.4, -0.2) is 20.0 Å². The second-order valence-corrected chi connectivity index (χ2v) is 6.67. The lowest BCUT2D eigenvalue weighted by atomic mass is 10.1. The molecule has 106 valence electrons. The average Bonchev–Trinajstić information content (AvgIpc) is 2.47. The highest BCUT2D eigenvalue weighted by atomic mass is 32.2. The molecule has 21 heavy (non-hydrogen) atoms. The van der Waals surface area contributed by atoms with Gasteiger partial charge in [-0.1, -0.05) is 29.8 Å². The molecule has 0 saturated carbocycles. The summed E-state index contributed by atoms with van der Waals surface area (Å²) in [4.78, 5) is 12.2. The van der Waals surface area contributed by atoms with Crippen LogP contribution in [0.3, 0.4) is 0 Å². The zero-order chi connectivity index (χ0) is 15.5. The highest BCUT2D eigenvalue weighted by molar-refractivity contribution is 7.92. The van der Waals surface area contributed by atoms with Gasteiger partial charge in [0.2, 0.25) is 0 Å². The molecule has 0 aliphatic carbocycles. The maximum Gasteiger partial charge on any atom is 0.185 e. The van der Waals surface area contributed by atoms with Crippen LogP contribution in [0.2, 0.25) is 0 Å². The van der Waals surface area contributed by atoms with Gasteiger partial charge in [-0.2, -0.15) is 5.26 Å². The molecule has 2 aromatic rings. The van der Waals surface area contributed by atoms with E-state index in [0.717, 1.165) is 5.56 Å². The molecule has 4 nitrogen and oxygen atoms in total. The van der Waals surface area contributed by atoms with Gasteiger partial charge in [0, 0.05) is 5.56 Å². The Labute approximate surface area is 123 Å². The summed E-state index contributed by atoms with van der Waals surface area (Å²) in [6.45, 7) is 1.86. The number of hydrogen-bond acceptors (Lipinski definition) is 4. The number of Topliss-reactive ketones (excluding diaryl/α,β-unsaturated/α-hetero) is 1. The van der Waals surface area contributed by atoms with E-state index in [1.165, 1.54) is 36.4 Å². The van der Waals surface area contributed by atoms with Crippen LogP contribution in [-0.2, 0) is 9.84 Å². The topological polar surface area (TPSA) is 75.0 Å². The number of rotatable bonds is 4. The third kappa shape index (κ3) is 3.56. The van der Waals surface area contributed by atoms with Crippen LogP contribution in [0.15, 0.2) is 53.4 Å². The van der Waals surface area contributed by atoms with Crippen molar-refractivity contribution in [1.82, 2.24) is 0 Å². The van der Waals surface area contributed by atoms with Crippen LogP contribution in [0.4, 0.5) is 0 Å². The van der Waals surface area contributed by atoms with E-state index in [4.69, 9.17) is 5.26 Å². The number of ketones is 1. The highest BCUT2D eigenvalue weighted by Crippen LogP contribution is 2.14. The molecule has 2 aromatic carbocycles. The van der Waals surface area contributed by atoms with Crippen molar-refractivity contribution in [3.63, 3.8) is 0 Å². The summed E-state index contributed by atoms with van der Waals surface area (Å²) in [6, 6.07) is 14.2. The predicted molar refractivity (Wildman–Crippen MR) is 78.7 cm³/mol. The minimum atomic E-state index is -3.65. The number of carbonyl (C=O) groups excluding carboxylic acids is 1. The SMILES string of the molecule is Cc1ccc(S(=O)(=O)CC(=O)c2ccc(C#N)cc2)cc1. The summed E-state index contributed by atoms with van der Waals surface area (Å²) < 4.78 is 24.4. The van der Waals surface area contributed by atoms with Crippen LogP contribution in [0.1, 0.15) is 21.5 Å². The van der Waals surface area contributed by atoms with Gasteiger partial charge < -0.3 is 0 Å². The van der Waals surface area contributed by atoms with Gasteiger partial charge in [-0.25, -0.2) is 8.42 Å². The van der Waals surface area contributed by atoms with Crippen molar-refractivity contribution in [1.29, 1.82) is 5.26 Å². The number of nitrogens with zero attached hydrogens (tertiary/aromatic N) is 1. The molecular weight excluding hydrogens is 286 g/mol. The van der Waals surface area contributed by atoms with Gasteiger partial charge in [0.15, 0.2) is 15.6 Å². The maximum atomic E-state index is 12.2. The third-order valence-electron chi connectivity index (χ3n) is 3.04. The van der Waals surface area contributed by atoms with E-state index in [2.05, 4.69) is 0 Å². The van der Waals surface area contributed by atoms with E-state index in [1.54, 1.807) is 12.1 Å². The molecule has 0 spiro atoms. The van der Waals surface area contributed by atoms with E-state index in [0.29, 0.717) is 5.56 Å². The Hall–Kier alpha value is -2.45. The fourth-order valence-electron chi connectivity index (χ4n) is 1.82. The zero-order valence-electron chi connectivity index (χ0n) is 11.4. The molecule has 0 aromatic heterocycles. The number of nitriles is 1. The smallest absolute Gasteiger partial charge is 0.185 e. The lowest BCUT2D eigenvalue weighted by Gasteiger charge is -2.05. The Bertz CT molecular complexity index is 798. The Morgan fingerprint density at radius 3 is 2.14 bits per heavy atom. The highest BCUT2D eigenvalue weighted by Gasteiger charge is 2.20. The molecule has 0 bridgehead atoms. The second kappa shape index (κ2) is 5.90. The quantitative estimate of drug-likeness (QED) is 0.813. The molecule has 0 fully saturated rings. The molecule has 0 atom stereocenters. The van der Waals surface area contributed by atoms with Crippen LogP contribution < -0.4 is 0 Å². The van der Waals surface area contributed by atoms with Crippen molar-refractivity contribution < 1.29 is 13.2 Å². The van der Waals surface area contributed by atoms with Gasteiger partial charge >= 0.3 is 0 Å². The Morgan fingerprint density at radius 1 is 1.05 bits per heavy atom. The largest absolute Gasteiger partial charge is 0.293 e. The molecule has 0 unspecified atom stereocenters. The van der Waals surface area contributed by atoms with E-state index in [9.17, 15) is 13.2 Å². The van der Waals surface area contributed by atoms with Crippen molar-refractivity contribution in [2.75, 3.05) is 5.75 Å². The summed E-state index contributed by atoms with van der Waals surface area (Å²) in [5, 5.41) is 8.69. The first-order chi connectivity index (χ1) is 9.92. The number of carbonyl (C=O) groups is 1. The molecule has 0 amide bonds. The van der Waals surface area contributed by atoms with Gasteiger partial charge in [-0.05, 0) is 31.2 Å². The first kappa shape index (κ1) is 14.9. The summed E-state index contributed by atoms with van der Waals surface area (Å²) in [6.07, 6.45) is 0. The molecule has 2 rings (SSSR count). The monoisotopic (exact) mass is 299 g/mol. The van der Waals surface area contributed by atoms with Crippen LogP contribution in [0, 0.1) is 18.3 Å². The maximum absolute atomic E-state index is 12.2. The van der Waals surface area contributed by atoms with Crippen LogP contribution >= 0.6 is 0 Å². The van der Waals surface area contributed by atoms with Crippen molar-refractivity contribution >= 4 is 15.6 Å². The lowest BCUT2D eigenvalue weighted by Crippen LogP contribution is -2.16. The Morgan fingerprint density at radius 2 is 1.62 bits per heavy atom. The van der Waals surface area contributed by atoms with Crippen LogP contribution in [0.5, 0.6) is 0 Å². The molecule has 0 saturated heterocycles. The minimum absolute atomic E-state index is 0.134. The normalized spacial score (nSPS) is 10.9. The molecule has 0 radical (unpaired) electrons. The van der Waals surface area contributed by atoms with Gasteiger partial charge in [0.1, 0.15) is 5.75 Å². The Balaban J connectivity index is 2.21. The minimum Gasteiger partial charge on any atom is -0.293 e. The fraction of sp³-hybridized carbons (Fsp3) is 0.125. The van der Waals surface area contributed by atoms with Gasteiger partial charge in [0.25, 0.3) is 0 Å². The van der Waals surface area contributed by atoms with Crippen molar-refractivity contribution in [2.24, 2.45) is 0 Å². The van der Waals surface area contributed by atoms with Gasteiger partial charge in [0.05, 0.1) is 16.5 Å². The third-order valence-corrected chi connectivity index (χ3v) is 4.67. The number of benzene rings is 2. The van der Waals surface area contributed by atoms with Gasteiger partial charge in [-0.15, -0.1) is 0 Å². The molecule has 0 aliphatic rings. The molecular formula is C16H13NO3S. The van der Waals surface area contributed by atoms with Crippen molar-refractivity contribution in [3.8, 4) is 6.07 Å². The first-order valence-electron chi connectivity index (χ1n) is 6.25. The molecule has 0 heterocycles. The molecule has 5 heteroatoms. The van der Waals surface area contributed by atoms with E-state index < -0.39 is 21.4 Å². The fourth-order valence-corrected chi connectivity index (χ4v) is 3.04. The number of hydrogen-bond donors (Lipinski definition) is 0. The molecule has 0 aliphatic heterocycles. The summed E-state index contributed by atoms with van der Waals surface area (Å²) >= 11 is 0. The van der Waals surface area contributed by atoms with Gasteiger partial charge in [-0.3, -0.25) is 4.79 Å². The number of sulfone groups is 1. The zero-order valence-corrected chi connectivity index (χ0v) is 12.2. The summed E-state index contributed by atoms with van der Waals surface area (Å²) in [7, 11) is -3.65. The summed E-state index contributed by atoms with van der Waals surface area (Å²) in [5.41, 5.74) is 1.66. The van der Waals surface area contributed by atoms with E-state index in [1.807, 2.05) is 13.0 Å².